The second kappa shape index (κ2) is 7.78. The minimum Gasteiger partial charge on any atom is -0.481 e. The third kappa shape index (κ3) is 5.74. The zero-order valence-corrected chi connectivity index (χ0v) is 12.1. The summed E-state index contributed by atoms with van der Waals surface area (Å²) in [6.45, 7) is 3.07. The molecule has 0 saturated carbocycles. The van der Waals surface area contributed by atoms with Crippen molar-refractivity contribution in [1.29, 1.82) is 0 Å². The molecule has 2 amide bonds. The van der Waals surface area contributed by atoms with Gasteiger partial charge in [-0.25, -0.2) is 4.79 Å². The number of nitrogens with one attached hydrogen (secondary N) is 1. The van der Waals surface area contributed by atoms with Crippen LogP contribution in [-0.2, 0) is 17.8 Å². The first kappa shape index (κ1) is 15.5. The van der Waals surface area contributed by atoms with E-state index in [2.05, 4.69) is 18.3 Å². The van der Waals surface area contributed by atoms with Crippen molar-refractivity contribution in [3.63, 3.8) is 0 Å². The normalized spacial score (nSPS) is 10.2. The molecule has 0 saturated heterocycles. The fourth-order valence-electron chi connectivity index (χ4n) is 1.57. The first-order chi connectivity index (χ1) is 9.02. The largest absolute Gasteiger partial charge is 0.481 e. The Balaban J connectivity index is 2.27. The highest BCUT2D eigenvalue weighted by molar-refractivity contribution is 7.11. The molecule has 0 radical (unpaired) electrons. The second-order valence-corrected chi connectivity index (χ2v) is 5.55. The number of carboxylic acid groups (broad SMARTS) is 1. The zero-order valence-electron chi connectivity index (χ0n) is 11.3. The predicted molar refractivity (Wildman–Crippen MR) is 75.4 cm³/mol. The van der Waals surface area contributed by atoms with Gasteiger partial charge in [0.2, 0.25) is 0 Å². The lowest BCUT2D eigenvalue weighted by Gasteiger charge is -2.17. The number of thiophene rings is 1. The van der Waals surface area contributed by atoms with E-state index in [-0.39, 0.29) is 12.5 Å². The van der Waals surface area contributed by atoms with E-state index in [1.165, 1.54) is 9.78 Å². The number of nitrogens with zero attached hydrogens (tertiary/aromatic N) is 1. The molecule has 0 unspecified atom stereocenters. The van der Waals surface area contributed by atoms with E-state index in [1.54, 1.807) is 18.4 Å². The minimum atomic E-state index is -0.834. The van der Waals surface area contributed by atoms with Gasteiger partial charge in [0, 0.05) is 29.8 Å². The zero-order chi connectivity index (χ0) is 14.3. The molecule has 1 aromatic rings. The van der Waals surface area contributed by atoms with Gasteiger partial charge in [0.15, 0.2) is 0 Å². The van der Waals surface area contributed by atoms with Crippen molar-refractivity contribution in [1.82, 2.24) is 10.2 Å². The SMILES string of the molecule is CCc1ccc(CNC(=O)N(C)CCCC(=O)O)s1. The van der Waals surface area contributed by atoms with Gasteiger partial charge in [-0.3, -0.25) is 4.79 Å². The lowest BCUT2D eigenvalue weighted by Crippen LogP contribution is -2.37. The van der Waals surface area contributed by atoms with Gasteiger partial charge in [0.25, 0.3) is 0 Å². The number of urea groups is 1. The number of amides is 2. The van der Waals surface area contributed by atoms with Crippen LogP contribution in [0.5, 0.6) is 0 Å². The van der Waals surface area contributed by atoms with E-state index in [1.807, 2.05) is 6.07 Å². The Morgan fingerprint density at radius 3 is 2.63 bits per heavy atom. The Labute approximate surface area is 117 Å². The van der Waals surface area contributed by atoms with Crippen LogP contribution in [0.15, 0.2) is 12.1 Å². The number of aliphatic carboxylic acids is 1. The van der Waals surface area contributed by atoms with Crippen LogP contribution < -0.4 is 5.32 Å². The van der Waals surface area contributed by atoms with Gasteiger partial charge in [-0.2, -0.15) is 0 Å². The monoisotopic (exact) mass is 284 g/mol. The van der Waals surface area contributed by atoms with Crippen molar-refractivity contribution in [2.24, 2.45) is 0 Å². The van der Waals surface area contributed by atoms with Crippen molar-refractivity contribution in [3.05, 3.63) is 21.9 Å². The number of hydrogen-bond acceptors (Lipinski definition) is 3. The van der Waals surface area contributed by atoms with Gasteiger partial charge in [-0.15, -0.1) is 11.3 Å². The predicted octanol–water partition coefficient (Wildman–Crippen LogP) is 2.32. The summed E-state index contributed by atoms with van der Waals surface area (Å²) >= 11 is 1.70. The third-order valence-electron chi connectivity index (χ3n) is 2.71. The van der Waals surface area contributed by atoms with E-state index >= 15 is 0 Å². The first-order valence-corrected chi connectivity index (χ1v) is 7.13. The van der Waals surface area contributed by atoms with E-state index < -0.39 is 5.97 Å². The fourth-order valence-corrected chi connectivity index (χ4v) is 2.47. The molecule has 0 aromatic carbocycles. The molecule has 5 nitrogen and oxygen atoms in total. The van der Waals surface area contributed by atoms with Crippen LogP contribution in [0.25, 0.3) is 0 Å². The fraction of sp³-hybridized carbons (Fsp3) is 0.538. The Morgan fingerprint density at radius 2 is 2.05 bits per heavy atom. The summed E-state index contributed by atoms with van der Waals surface area (Å²) in [5.74, 6) is -0.834. The molecule has 0 atom stereocenters. The number of carbonyl (C=O) groups excluding carboxylic acids is 1. The van der Waals surface area contributed by atoms with Crippen molar-refractivity contribution in [2.45, 2.75) is 32.7 Å². The standard InChI is InChI=1S/C13H20N2O3S/c1-3-10-6-7-11(19-10)9-14-13(18)15(2)8-4-5-12(16)17/h6-7H,3-5,8-9H2,1-2H3,(H,14,18)(H,16,17). The van der Waals surface area contributed by atoms with Gasteiger partial charge in [0.05, 0.1) is 6.54 Å². The quantitative estimate of drug-likeness (QED) is 0.807. The van der Waals surface area contributed by atoms with Crippen molar-refractivity contribution in [3.8, 4) is 0 Å². The minimum absolute atomic E-state index is 0.0857. The molecule has 0 bridgehead atoms. The molecular formula is C13H20N2O3S. The topological polar surface area (TPSA) is 69.6 Å². The lowest BCUT2D eigenvalue weighted by molar-refractivity contribution is -0.137. The Bertz CT molecular complexity index is 431. The summed E-state index contributed by atoms with van der Waals surface area (Å²) in [6, 6.07) is 3.92. The third-order valence-corrected chi connectivity index (χ3v) is 3.94. The molecule has 1 heterocycles. The van der Waals surface area contributed by atoms with Crippen LogP contribution in [-0.4, -0.2) is 35.6 Å². The summed E-state index contributed by atoms with van der Waals surface area (Å²) in [5, 5.41) is 11.3. The van der Waals surface area contributed by atoms with Crippen LogP contribution in [0.1, 0.15) is 29.5 Å². The highest BCUT2D eigenvalue weighted by Gasteiger charge is 2.09. The van der Waals surface area contributed by atoms with Crippen LogP contribution in [0.2, 0.25) is 0 Å². The molecule has 0 aliphatic carbocycles. The van der Waals surface area contributed by atoms with E-state index in [0.29, 0.717) is 19.5 Å². The van der Waals surface area contributed by atoms with Crippen LogP contribution in [0.3, 0.4) is 0 Å². The maximum absolute atomic E-state index is 11.7. The molecule has 0 fully saturated rings. The van der Waals surface area contributed by atoms with Crippen molar-refractivity contribution in [2.75, 3.05) is 13.6 Å². The molecule has 6 heteroatoms. The maximum atomic E-state index is 11.7. The number of carbonyl (C=O) groups is 2. The summed E-state index contributed by atoms with van der Waals surface area (Å²) in [5.41, 5.74) is 0. The molecule has 1 aromatic heterocycles. The smallest absolute Gasteiger partial charge is 0.317 e. The highest BCUT2D eigenvalue weighted by atomic mass is 32.1. The first-order valence-electron chi connectivity index (χ1n) is 6.31. The average molecular weight is 284 g/mol. The molecule has 19 heavy (non-hydrogen) atoms. The van der Waals surface area contributed by atoms with Gasteiger partial charge in [0.1, 0.15) is 0 Å². The molecule has 2 N–H and O–H groups in total. The number of hydrogen-bond donors (Lipinski definition) is 2. The van der Waals surface area contributed by atoms with Crippen LogP contribution >= 0.6 is 11.3 Å². The van der Waals surface area contributed by atoms with Crippen molar-refractivity contribution >= 4 is 23.3 Å². The highest BCUT2D eigenvalue weighted by Crippen LogP contribution is 2.16. The molecule has 106 valence electrons. The van der Waals surface area contributed by atoms with Gasteiger partial charge in [-0.1, -0.05) is 6.92 Å². The van der Waals surface area contributed by atoms with Gasteiger partial charge >= 0.3 is 12.0 Å². The summed E-state index contributed by atoms with van der Waals surface area (Å²) in [7, 11) is 1.67. The van der Waals surface area contributed by atoms with Crippen LogP contribution in [0, 0.1) is 0 Å². The average Bonchev–Trinajstić information content (AvgIpc) is 2.83. The van der Waals surface area contributed by atoms with E-state index in [9.17, 15) is 9.59 Å². The Morgan fingerprint density at radius 1 is 1.37 bits per heavy atom. The lowest BCUT2D eigenvalue weighted by atomic mass is 10.3. The van der Waals surface area contributed by atoms with Gasteiger partial charge < -0.3 is 15.3 Å². The van der Waals surface area contributed by atoms with E-state index in [0.717, 1.165) is 11.3 Å². The summed E-state index contributed by atoms with van der Waals surface area (Å²) in [6.07, 6.45) is 1.56. The van der Waals surface area contributed by atoms with Crippen LogP contribution in [0.4, 0.5) is 4.79 Å². The van der Waals surface area contributed by atoms with E-state index in [4.69, 9.17) is 5.11 Å². The summed E-state index contributed by atoms with van der Waals surface area (Å²) < 4.78 is 0. The molecular weight excluding hydrogens is 264 g/mol. The second-order valence-electron chi connectivity index (χ2n) is 4.30. The molecule has 0 aliphatic heterocycles. The number of aryl methyl sites for hydroxylation is 1. The summed E-state index contributed by atoms with van der Waals surface area (Å²) in [4.78, 5) is 26.1. The number of rotatable bonds is 7. The van der Waals surface area contributed by atoms with Crippen molar-refractivity contribution < 1.29 is 14.7 Å². The number of carboxylic acids is 1. The maximum Gasteiger partial charge on any atom is 0.317 e. The van der Waals surface area contributed by atoms with Gasteiger partial charge in [-0.05, 0) is 25.0 Å². The molecule has 0 aliphatic rings. The Hall–Kier alpha value is -1.56. The molecule has 0 spiro atoms. The molecule has 1 rings (SSSR count). The Kier molecular flexibility index (Phi) is 6.35.